The summed E-state index contributed by atoms with van der Waals surface area (Å²) in [5, 5.41) is 20.5. The molecule has 1 atom stereocenters. The van der Waals surface area contributed by atoms with Gasteiger partial charge in [0.2, 0.25) is 0 Å². The van der Waals surface area contributed by atoms with Crippen LogP contribution < -0.4 is 5.84 Å². The number of aliphatic imine (C=N–C) groups is 1. The van der Waals surface area contributed by atoms with Gasteiger partial charge in [-0.05, 0) is 43.9 Å². The molecule has 0 aliphatic heterocycles. The first kappa shape index (κ1) is 18.7. The Balaban J connectivity index is 3.46. The van der Waals surface area contributed by atoms with Crippen molar-refractivity contribution in [2.45, 2.75) is 51.5 Å². The lowest BCUT2D eigenvalue weighted by Crippen LogP contribution is -2.29. The molecule has 0 spiro atoms. The molecule has 0 heterocycles. The molecule has 23 heavy (non-hydrogen) atoms. The minimum absolute atomic E-state index is 0.463. The number of rotatable bonds is 6. The Morgan fingerprint density at radius 1 is 1.17 bits per heavy atom. The normalized spacial score (nSPS) is 14.1. The lowest BCUT2D eigenvalue weighted by molar-refractivity contribution is 0.445. The Hall–Kier alpha value is -2.37. The maximum absolute atomic E-state index is 9.58. The molecule has 0 amide bonds. The molecule has 122 valence electrons. The third-order valence-electron chi connectivity index (χ3n) is 4.21. The van der Waals surface area contributed by atoms with Gasteiger partial charge in [-0.1, -0.05) is 25.1 Å². The van der Waals surface area contributed by atoms with Crippen LogP contribution in [0.2, 0.25) is 0 Å². The highest BCUT2D eigenvalue weighted by Crippen LogP contribution is 2.32. The van der Waals surface area contributed by atoms with Crippen molar-refractivity contribution < 1.29 is 0 Å². The van der Waals surface area contributed by atoms with E-state index in [2.05, 4.69) is 17.1 Å². The molecule has 0 aliphatic rings. The van der Waals surface area contributed by atoms with Crippen molar-refractivity contribution in [1.29, 1.82) is 10.5 Å². The standard InChI is InChI=1S/C18H25N5/c1-6-18(4,12-20)16-8-14(10-23(21)13-22-5)7-15(9-16)17(2,3)11-19/h7-9,13H,6,10,21H2,1-5H3. The predicted octanol–water partition coefficient (Wildman–Crippen LogP) is 3.01. The fourth-order valence-electron chi connectivity index (χ4n) is 2.27. The van der Waals surface area contributed by atoms with Gasteiger partial charge in [0.25, 0.3) is 0 Å². The minimum atomic E-state index is -0.632. The number of hydrogen-bond acceptors (Lipinski definition) is 4. The first-order valence-corrected chi connectivity index (χ1v) is 7.63. The summed E-state index contributed by atoms with van der Waals surface area (Å²) in [5.74, 6) is 5.89. The van der Waals surface area contributed by atoms with Crippen LogP contribution in [0, 0.1) is 22.7 Å². The molecule has 1 unspecified atom stereocenters. The second-order valence-electron chi connectivity index (χ2n) is 6.50. The highest BCUT2D eigenvalue weighted by Gasteiger charge is 2.28. The first-order chi connectivity index (χ1) is 10.7. The molecule has 2 N–H and O–H groups in total. The van der Waals surface area contributed by atoms with Gasteiger partial charge < -0.3 is 0 Å². The van der Waals surface area contributed by atoms with Crippen LogP contribution in [0.1, 0.15) is 50.8 Å². The number of nitrogens with zero attached hydrogens (tertiary/aromatic N) is 4. The monoisotopic (exact) mass is 311 g/mol. The van der Waals surface area contributed by atoms with E-state index in [1.807, 2.05) is 45.9 Å². The van der Waals surface area contributed by atoms with Gasteiger partial charge >= 0.3 is 0 Å². The van der Waals surface area contributed by atoms with E-state index in [1.165, 1.54) is 5.01 Å². The summed E-state index contributed by atoms with van der Waals surface area (Å²) in [6, 6.07) is 10.7. The van der Waals surface area contributed by atoms with Crippen molar-refractivity contribution in [2.24, 2.45) is 10.8 Å². The summed E-state index contributed by atoms with van der Waals surface area (Å²) in [6.07, 6.45) is 2.24. The molecule has 1 aromatic rings. The van der Waals surface area contributed by atoms with E-state index in [0.29, 0.717) is 13.0 Å². The van der Waals surface area contributed by atoms with Crippen LogP contribution in [-0.4, -0.2) is 18.4 Å². The second kappa shape index (κ2) is 7.26. The summed E-state index contributed by atoms with van der Waals surface area (Å²) in [5.41, 5.74) is 1.55. The van der Waals surface area contributed by atoms with Crippen LogP contribution in [0.25, 0.3) is 0 Å². The van der Waals surface area contributed by atoms with Crippen molar-refractivity contribution in [3.8, 4) is 12.1 Å². The third kappa shape index (κ3) is 4.31. The maximum atomic E-state index is 9.58. The Morgan fingerprint density at radius 3 is 2.26 bits per heavy atom. The van der Waals surface area contributed by atoms with E-state index in [9.17, 15) is 10.5 Å². The number of nitriles is 2. The van der Waals surface area contributed by atoms with Crippen LogP contribution in [0.4, 0.5) is 0 Å². The quantitative estimate of drug-likeness (QED) is 0.378. The van der Waals surface area contributed by atoms with E-state index in [0.717, 1.165) is 16.7 Å². The van der Waals surface area contributed by atoms with Gasteiger partial charge in [0.15, 0.2) is 0 Å². The molecule has 0 radical (unpaired) electrons. The van der Waals surface area contributed by atoms with Crippen LogP contribution in [0.3, 0.4) is 0 Å². The smallest absolute Gasteiger partial charge is 0.0990 e. The molecule has 0 saturated carbocycles. The SMILES string of the molecule is CCC(C)(C#N)c1cc(CN(N)C=NC)cc(C(C)(C)C#N)c1. The molecule has 1 aromatic carbocycles. The van der Waals surface area contributed by atoms with E-state index < -0.39 is 10.8 Å². The van der Waals surface area contributed by atoms with Gasteiger partial charge in [0.05, 0.1) is 35.9 Å². The average molecular weight is 311 g/mol. The van der Waals surface area contributed by atoms with Crippen molar-refractivity contribution in [3.63, 3.8) is 0 Å². The molecule has 0 saturated heterocycles. The fourth-order valence-corrected chi connectivity index (χ4v) is 2.27. The van der Waals surface area contributed by atoms with Gasteiger partial charge in [-0.25, -0.2) is 5.84 Å². The summed E-state index contributed by atoms with van der Waals surface area (Å²) < 4.78 is 0. The van der Waals surface area contributed by atoms with Crippen molar-refractivity contribution in [1.82, 2.24) is 5.01 Å². The van der Waals surface area contributed by atoms with Gasteiger partial charge in [-0.2, -0.15) is 10.5 Å². The van der Waals surface area contributed by atoms with Gasteiger partial charge in [0, 0.05) is 7.05 Å². The minimum Gasteiger partial charge on any atom is -0.297 e. The van der Waals surface area contributed by atoms with E-state index in [1.54, 1.807) is 13.4 Å². The summed E-state index contributed by atoms with van der Waals surface area (Å²) >= 11 is 0. The molecule has 5 heteroatoms. The largest absolute Gasteiger partial charge is 0.297 e. The molecule has 5 nitrogen and oxygen atoms in total. The van der Waals surface area contributed by atoms with Crippen molar-refractivity contribution in [2.75, 3.05) is 7.05 Å². The van der Waals surface area contributed by atoms with Crippen LogP contribution in [-0.2, 0) is 17.4 Å². The Bertz CT molecular complexity index is 663. The summed E-state index contributed by atoms with van der Waals surface area (Å²) in [4.78, 5) is 3.89. The topological polar surface area (TPSA) is 89.2 Å². The third-order valence-corrected chi connectivity index (χ3v) is 4.21. The molecule has 0 aliphatic carbocycles. The number of hydrogen-bond donors (Lipinski definition) is 1. The van der Waals surface area contributed by atoms with E-state index in [-0.39, 0.29) is 0 Å². The summed E-state index contributed by atoms with van der Waals surface area (Å²) in [6.45, 7) is 8.12. The molecular formula is C18H25N5. The lowest BCUT2D eigenvalue weighted by atomic mass is 9.77. The highest BCUT2D eigenvalue weighted by molar-refractivity contribution is 5.54. The highest BCUT2D eigenvalue weighted by atomic mass is 15.4. The van der Waals surface area contributed by atoms with Crippen LogP contribution in [0.15, 0.2) is 23.2 Å². The average Bonchev–Trinajstić information content (AvgIpc) is 2.53. The fraction of sp³-hybridized carbons (Fsp3) is 0.500. The zero-order valence-corrected chi connectivity index (χ0v) is 14.6. The van der Waals surface area contributed by atoms with Crippen molar-refractivity contribution in [3.05, 3.63) is 34.9 Å². The summed E-state index contributed by atoms with van der Waals surface area (Å²) in [7, 11) is 1.66. The van der Waals surface area contributed by atoms with Crippen LogP contribution >= 0.6 is 0 Å². The molecular weight excluding hydrogens is 286 g/mol. The number of hydrazine groups is 1. The zero-order chi connectivity index (χ0) is 17.7. The lowest BCUT2D eigenvalue weighted by Gasteiger charge is -2.25. The first-order valence-electron chi connectivity index (χ1n) is 7.63. The van der Waals surface area contributed by atoms with Crippen LogP contribution in [0.5, 0.6) is 0 Å². The number of benzene rings is 1. The Morgan fingerprint density at radius 2 is 1.78 bits per heavy atom. The molecule has 0 bridgehead atoms. The van der Waals surface area contributed by atoms with Crippen molar-refractivity contribution >= 4 is 6.34 Å². The van der Waals surface area contributed by atoms with Gasteiger partial charge in [-0.3, -0.25) is 10.0 Å². The Labute approximate surface area is 139 Å². The Kier molecular flexibility index (Phi) is 5.90. The van der Waals surface area contributed by atoms with E-state index in [4.69, 9.17) is 5.84 Å². The zero-order valence-electron chi connectivity index (χ0n) is 14.6. The molecule has 1 rings (SSSR count). The van der Waals surface area contributed by atoms with E-state index >= 15 is 0 Å². The molecule has 0 aromatic heterocycles. The number of nitrogens with two attached hydrogens (primary N) is 1. The molecule has 0 fully saturated rings. The predicted molar refractivity (Wildman–Crippen MR) is 92.5 cm³/mol. The van der Waals surface area contributed by atoms with Gasteiger partial charge in [0.1, 0.15) is 0 Å². The second-order valence-corrected chi connectivity index (χ2v) is 6.50. The van der Waals surface area contributed by atoms with Gasteiger partial charge in [-0.15, -0.1) is 0 Å². The maximum Gasteiger partial charge on any atom is 0.0990 e.